The second-order valence-electron chi connectivity index (χ2n) is 5.34. The summed E-state index contributed by atoms with van der Waals surface area (Å²) in [6.45, 7) is 3.32. The standard InChI is InChI=1S/C14H19N3OS/c1-16-6-5-10(8-16)9-17-13-7-11(18-2)3-4-12(13)15-14(17)19/h3-4,7,10H,5-6,8-9H2,1-2H3,(H,15,19). The minimum absolute atomic E-state index is 0.682. The normalized spacial score (nSPS) is 20.2. The second kappa shape index (κ2) is 4.98. The van der Waals surface area contributed by atoms with Crippen LogP contribution in [0.25, 0.3) is 11.0 Å². The Kier molecular flexibility index (Phi) is 3.33. The van der Waals surface area contributed by atoms with Crippen molar-refractivity contribution in [1.29, 1.82) is 0 Å². The van der Waals surface area contributed by atoms with E-state index in [0.29, 0.717) is 5.92 Å². The average molecular weight is 277 g/mol. The zero-order valence-electron chi connectivity index (χ0n) is 11.3. The van der Waals surface area contributed by atoms with Gasteiger partial charge in [-0.3, -0.25) is 0 Å². The van der Waals surface area contributed by atoms with Crippen molar-refractivity contribution >= 4 is 23.3 Å². The molecule has 0 spiro atoms. The summed E-state index contributed by atoms with van der Waals surface area (Å²) in [6.07, 6.45) is 1.24. The van der Waals surface area contributed by atoms with Gasteiger partial charge in [0.15, 0.2) is 4.77 Å². The molecule has 1 saturated heterocycles. The summed E-state index contributed by atoms with van der Waals surface area (Å²) < 4.78 is 8.31. The maximum Gasteiger partial charge on any atom is 0.178 e. The number of H-pyrrole nitrogens is 1. The lowest BCUT2D eigenvalue weighted by atomic mass is 10.1. The van der Waals surface area contributed by atoms with Gasteiger partial charge >= 0.3 is 0 Å². The summed E-state index contributed by atoms with van der Waals surface area (Å²) in [5.41, 5.74) is 2.22. The first-order chi connectivity index (χ1) is 9.17. The lowest BCUT2D eigenvalue weighted by Crippen LogP contribution is -2.17. The number of rotatable bonds is 3. The van der Waals surface area contributed by atoms with Crippen molar-refractivity contribution in [2.24, 2.45) is 5.92 Å². The van der Waals surface area contributed by atoms with Crippen molar-refractivity contribution in [2.45, 2.75) is 13.0 Å². The van der Waals surface area contributed by atoms with E-state index >= 15 is 0 Å². The van der Waals surface area contributed by atoms with Crippen LogP contribution in [-0.2, 0) is 6.54 Å². The van der Waals surface area contributed by atoms with Gasteiger partial charge in [-0.2, -0.15) is 0 Å². The third kappa shape index (κ3) is 2.40. The number of aromatic amines is 1. The van der Waals surface area contributed by atoms with Crippen molar-refractivity contribution < 1.29 is 4.74 Å². The highest BCUT2D eigenvalue weighted by molar-refractivity contribution is 7.71. The Balaban J connectivity index is 1.97. The van der Waals surface area contributed by atoms with E-state index in [4.69, 9.17) is 17.0 Å². The number of hydrogen-bond donors (Lipinski definition) is 1. The predicted molar refractivity (Wildman–Crippen MR) is 79.3 cm³/mol. The molecule has 4 nitrogen and oxygen atoms in total. The van der Waals surface area contributed by atoms with Gasteiger partial charge in [0.05, 0.1) is 18.1 Å². The molecule has 102 valence electrons. The number of methoxy groups -OCH3 is 1. The van der Waals surface area contributed by atoms with Gasteiger partial charge < -0.3 is 19.2 Å². The predicted octanol–water partition coefficient (Wildman–Crippen LogP) is 2.66. The van der Waals surface area contributed by atoms with Crippen LogP contribution < -0.4 is 4.74 Å². The molecule has 0 aliphatic carbocycles. The second-order valence-corrected chi connectivity index (χ2v) is 5.73. The molecule has 19 heavy (non-hydrogen) atoms. The molecule has 1 unspecified atom stereocenters. The first kappa shape index (κ1) is 12.7. The number of likely N-dealkylation sites (tertiary alicyclic amines) is 1. The number of nitrogens with one attached hydrogen (secondary N) is 1. The quantitative estimate of drug-likeness (QED) is 0.876. The average Bonchev–Trinajstić information content (AvgIpc) is 2.94. The van der Waals surface area contributed by atoms with Crippen LogP contribution in [0.15, 0.2) is 18.2 Å². The zero-order chi connectivity index (χ0) is 13.4. The number of fused-ring (bicyclic) bond motifs is 1. The third-order valence-corrected chi connectivity index (χ3v) is 4.23. The van der Waals surface area contributed by atoms with Crippen LogP contribution >= 0.6 is 12.2 Å². The van der Waals surface area contributed by atoms with Gasteiger partial charge in [0.25, 0.3) is 0 Å². The Morgan fingerprint density at radius 3 is 3.00 bits per heavy atom. The Morgan fingerprint density at radius 2 is 2.32 bits per heavy atom. The maximum atomic E-state index is 5.45. The van der Waals surface area contributed by atoms with Crippen LogP contribution in [0, 0.1) is 10.7 Å². The van der Waals surface area contributed by atoms with E-state index in [2.05, 4.69) is 27.6 Å². The molecule has 0 amide bonds. The van der Waals surface area contributed by atoms with E-state index in [9.17, 15) is 0 Å². The summed E-state index contributed by atoms with van der Waals surface area (Å²) in [5, 5.41) is 0. The van der Waals surface area contributed by atoms with Crippen molar-refractivity contribution in [2.75, 3.05) is 27.2 Å². The first-order valence-electron chi connectivity index (χ1n) is 6.62. The molecule has 1 fully saturated rings. The smallest absolute Gasteiger partial charge is 0.178 e. The number of aromatic nitrogens is 2. The summed E-state index contributed by atoms with van der Waals surface area (Å²) in [5.74, 6) is 1.56. The van der Waals surface area contributed by atoms with Crippen molar-refractivity contribution in [3.63, 3.8) is 0 Å². The van der Waals surface area contributed by atoms with Gasteiger partial charge in [-0.05, 0) is 50.3 Å². The Labute approximate surface area is 118 Å². The highest BCUT2D eigenvalue weighted by Gasteiger charge is 2.20. The highest BCUT2D eigenvalue weighted by atomic mass is 32.1. The number of nitrogens with zero attached hydrogens (tertiary/aromatic N) is 2. The summed E-state index contributed by atoms with van der Waals surface area (Å²) in [7, 11) is 3.87. The van der Waals surface area contributed by atoms with E-state index in [1.165, 1.54) is 13.0 Å². The lowest BCUT2D eigenvalue weighted by Gasteiger charge is -2.12. The molecule has 1 aliphatic heterocycles. The fraction of sp³-hybridized carbons (Fsp3) is 0.500. The number of imidazole rings is 1. The topological polar surface area (TPSA) is 33.2 Å². The van der Waals surface area contributed by atoms with E-state index in [-0.39, 0.29) is 0 Å². The molecular weight excluding hydrogens is 258 g/mol. The molecule has 2 heterocycles. The molecule has 0 bridgehead atoms. The molecule has 0 radical (unpaired) electrons. The molecule has 1 N–H and O–H groups in total. The molecular formula is C14H19N3OS. The van der Waals surface area contributed by atoms with Gasteiger partial charge in [-0.1, -0.05) is 0 Å². The van der Waals surface area contributed by atoms with Crippen LogP contribution in [0.2, 0.25) is 0 Å². The fourth-order valence-corrected chi connectivity index (χ4v) is 3.16. The number of benzene rings is 1. The first-order valence-corrected chi connectivity index (χ1v) is 7.03. The monoisotopic (exact) mass is 277 g/mol. The van der Waals surface area contributed by atoms with Crippen molar-refractivity contribution in [3.05, 3.63) is 23.0 Å². The molecule has 1 aliphatic rings. The van der Waals surface area contributed by atoms with Crippen LogP contribution in [0.5, 0.6) is 5.75 Å². The minimum atomic E-state index is 0.682. The van der Waals surface area contributed by atoms with Gasteiger partial charge in [-0.25, -0.2) is 0 Å². The van der Waals surface area contributed by atoms with E-state index < -0.39 is 0 Å². The van der Waals surface area contributed by atoms with Gasteiger partial charge in [-0.15, -0.1) is 0 Å². The number of hydrogen-bond acceptors (Lipinski definition) is 3. The van der Waals surface area contributed by atoms with Gasteiger partial charge in [0, 0.05) is 19.2 Å². The summed E-state index contributed by atoms with van der Waals surface area (Å²) >= 11 is 5.45. The van der Waals surface area contributed by atoms with Crippen LogP contribution in [0.4, 0.5) is 0 Å². The van der Waals surface area contributed by atoms with Crippen molar-refractivity contribution in [1.82, 2.24) is 14.5 Å². The van der Waals surface area contributed by atoms with E-state index in [1.807, 2.05) is 12.1 Å². The summed E-state index contributed by atoms with van der Waals surface area (Å²) in [6, 6.07) is 6.04. The number of ether oxygens (including phenoxy) is 1. The third-order valence-electron chi connectivity index (χ3n) is 3.91. The van der Waals surface area contributed by atoms with Crippen LogP contribution in [0.3, 0.4) is 0 Å². The summed E-state index contributed by atoms with van der Waals surface area (Å²) in [4.78, 5) is 5.65. The Bertz CT molecular complexity index is 646. The van der Waals surface area contributed by atoms with Crippen LogP contribution in [0.1, 0.15) is 6.42 Å². The molecule has 1 aromatic heterocycles. The molecule has 1 atom stereocenters. The van der Waals surface area contributed by atoms with E-state index in [1.54, 1.807) is 7.11 Å². The SMILES string of the molecule is COc1ccc2[nH]c(=S)n(CC3CCN(C)C3)c2c1. The molecule has 0 saturated carbocycles. The molecule has 5 heteroatoms. The Morgan fingerprint density at radius 1 is 1.47 bits per heavy atom. The highest BCUT2D eigenvalue weighted by Crippen LogP contribution is 2.24. The maximum absolute atomic E-state index is 5.45. The molecule has 2 aromatic rings. The zero-order valence-corrected chi connectivity index (χ0v) is 12.2. The van der Waals surface area contributed by atoms with Crippen molar-refractivity contribution in [3.8, 4) is 5.75 Å². The minimum Gasteiger partial charge on any atom is -0.497 e. The van der Waals surface area contributed by atoms with E-state index in [0.717, 1.165) is 34.6 Å². The molecule has 1 aromatic carbocycles. The van der Waals surface area contributed by atoms with Gasteiger partial charge in [0.2, 0.25) is 0 Å². The largest absolute Gasteiger partial charge is 0.497 e. The fourth-order valence-electron chi connectivity index (χ4n) is 2.87. The van der Waals surface area contributed by atoms with Gasteiger partial charge in [0.1, 0.15) is 5.75 Å². The lowest BCUT2D eigenvalue weighted by molar-refractivity contribution is 0.379. The Hall–Kier alpha value is -1.33. The molecule has 3 rings (SSSR count). The van der Waals surface area contributed by atoms with Crippen LogP contribution in [-0.4, -0.2) is 41.7 Å².